The first kappa shape index (κ1) is 14.6. The number of carbonyl (C=O) groups is 2. The van der Waals surface area contributed by atoms with E-state index in [1.807, 2.05) is 24.3 Å². The summed E-state index contributed by atoms with van der Waals surface area (Å²) >= 11 is 7.56. The molecule has 22 heavy (non-hydrogen) atoms. The van der Waals surface area contributed by atoms with Gasteiger partial charge in [0.15, 0.2) is 0 Å². The minimum absolute atomic E-state index is 0.0951. The van der Waals surface area contributed by atoms with Crippen molar-refractivity contribution in [3.63, 3.8) is 0 Å². The van der Waals surface area contributed by atoms with Crippen molar-refractivity contribution in [2.24, 2.45) is 7.05 Å². The van der Waals surface area contributed by atoms with Gasteiger partial charge in [-0.25, -0.2) is 4.79 Å². The van der Waals surface area contributed by atoms with Crippen LogP contribution in [0.1, 0.15) is 20.2 Å². The van der Waals surface area contributed by atoms with E-state index in [1.165, 1.54) is 22.0 Å². The van der Waals surface area contributed by atoms with Crippen LogP contribution in [-0.4, -0.2) is 21.6 Å². The first-order chi connectivity index (χ1) is 10.5. The molecule has 0 spiro atoms. The maximum absolute atomic E-state index is 12.4. The number of halogens is 1. The second-order valence-electron chi connectivity index (χ2n) is 4.73. The average molecular weight is 335 g/mol. The largest absolute Gasteiger partial charge is 0.477 e. The molecule has 1 amide bonds. The predicted molar refractivity (Wildman–Crippen MR) is 87.2 cm³/mol. The van der Waals surface area contributed by atoms with Crippen LogP contribution < -0.4 is 5.32 Å². The summed E-state index contributed by atoms with van der Waals surface area (Å²) in [6.07, 6.45) is 1.54. The fraction of sp³-hybridized carbons (Fsp3) is 0.0667. The van der Waals surface area contributed by atoms with Gasteiger partial charge in [-0.2, -0.15) is 0 Å². The third-order valence-corrected chi connectivity index (χ3v) is 4.90. The number of thiophene rings is 1. The van der Waals surface area contributed by atoms with Crippen LogP contribution in [0, 0.1) is 0 Å². The maximum Gasteiger partial charge on any atom is 0.352 e. The molecule has 7 heteroatoms. The zero-order valence-corrected chi connectivity index (χ0v) is 13.0. The molecule has 0 aliphatic rings. The van der Waals surface area contributed by atoms with Crippen LogP contribution in [0.2, 0.25) is 5.02 Å². The number of aryl methyl sites for hydroxylation is 1. The predicted octanol–water partition coefficient (Wildman–Crippen LogP) is 3.84. The highest BCUT2D eigenvalue weighted by molar-refractivity contribution is 7.21. The van der Waals surface area contributed by atoms with Gasteiger partial charge in [-0.15, -0.1) is 11.3 Å². The van der Waals surface area contributed by atoms with Crippen LogP contribution in [0.4, 0.5) is 5.69 Å². The monoisotopic (exact) mass is 334 g/mol. The first-order valence-corrected chi connectivity index (χ1v) is 7.55. The minimum atomic E-state index is -1.05. The number of hydrogen-bond acceptors (Lipinski definition) is 3. The molecule has 2 N–H and O–H groups in total. The molecule has 3 aromatic rings. The fourth-order valence-corrected chi connectivity index (χ4v) is 3.61. The Labute approximate surface area is 134 Å². The van der Waals surface area contributed by atoms with Crippen LogP contribution in [0.3, 0.4) is 0 Å². The number of amides is 1. The third kappa shape index (κ3) is 2.47. The van der Waals surface area contributed by atoms with Gasteiger partial charge >= 0.3 is 5.97 Å². The lowest BCUT2D eigenvalue weighted by atomic mass is 10.2. The molecule has 112 valence electrons. The van der Waals surface area contributed by atoms with Crippen molar-refractivity contribution in [2.45, 2.75) is 0 Å². The normalized spacial score (nSPS) is 10.8. The number of carbonyl (C=O) groups excluding carboxylic acids is 1. The molecule has 0 fully saturated rings. The second-order valence-corrected chi connectivity index (χ2v) is 6.16. The Balaban J connectivity index is 1.92. The smallest absolute Gasteiger partial charge is 0.352 e. The lowest BCUT2D eigenvalue weighted by molar-refractivity contribution is 0.0686. The molecular formula is C15H11ClN2O3S. The number of hydrogen-bond donors (Lipinski definition) is 2. The molecule has 3 rings (SSSR count). The molecule has 1 aromatic carbocycles. The number of rotatable bonds is 3. The van der Waals surface area contributed by atoms with E-state index in [0.29, 0.717) is 15.6 Å². The molecule has 0 aliphatic heterocycles. The molecule has 0 bridgehead atoms. The summed E-state index contributed by atoms with van der Waals surface area (Å²) in [6, 6.07) is 8.90. The van der Waals surface area contributed by atoms with E-state index in [2.05, 4.69) is 5.32 Å². The fourth-order valence-electron chi connectivity index (χ4n) is 2.19. The van der Waals surface area contributed by atoms with Crippen molar-refractivity contribution < 1.29 is 14.7 Å². The lowest BCUT2D eigenvalue weighted by Crippen LogP contribution is -2.10. The van der Waals surface area contributed by atoms with Crippen molar-refractivity contribution in [3.05, 3.63) is 52.1 Å². The van der Waals surface area contributed by atoms with Gasteiger partial charge in [-0.1, -0.05) is 29.8 Å². The van der Waals surface area contributed by atoms with Gasteiger partial charge in [0.25, 0.3) is 5.91 Å². The average Bonchev–Trinajstić information content (AvgIpc) is 3.00. The number of nitrogens with one attached hydrogen (secondary N) is 1. The molecule has 0 aliphatic carbocycles. The first-order valence-electron chi connectivity index (χ1n) is 6.35. The SMILES string of the molecule is Cn1cc(NC(=O)c2sc3ccccc3c2Cl)cc1C(=O)O. The Morgan fingerprint density at radius 1 is 1.32 bits per heavy atom. The van der Waals surface area contributed by atoms with Gasteiger partial charge in [0.2, 0.25) is 0 Å². The van der Waals surface area contributed by atoms with Crippen LogP contribution >= 0.6 is 22.9 Å². The molecule has 0 saturated heterocycles. The summed E-state index contributed by atoms with van der Waals surface area (Å²) < 4.78 is 2.36. The highest BCUT2D eigenvalue weighted by Gasteiger charge is 2.18. The number of carboxylic acid groups (broad SMARTS) is 1. The van der Waals surface area contributed by atoms with Crippen molar-refractivity contribution in [2.75, 3.05) is 5.32 Å². The van der Waals surface area contributed by atoms with Gasteiger partial charge in [-0.05, 0) is 12.1 Å². The minimum Gasteiger partial charge on any atom is -0.477 e. The van der Waals surface area contributed by atoms with Crippen LogP contribution in [0.25, 0.3) is 10.1 Å². The maximum atomic E-state index is 12.4. The summed E-state index contributed by atoms with van der Waals surface area (Å²) in [4.78, 5) is 23.8. The van der Waals surface area contributed by atoms with E-state index < -0.39 is 5.97 Å². The summed E-state index contributed by atoms with van der Waals surface area (Å²) in [5, 5.41) is 12.9. The summed E-state index contributed by atoms with van der Waals surface area (Å²) in [6.45, 7) is 0. The van der Waals surface area contributed by atoms with Gasteiger partial charge in [-0.3, -0.25) is 4.79 Å². The zero-order valence-electron chi connectivity index (χ0n) is 11.5. The highest BCUT2D eigenvalue weighted by Crippen LogP contribution is 2.35. The van der Waals surface area contributed by atoms with E-state index in [1.54, 1.807) is 13.2 Å². The Morgan fingerprint density at radius 2 is 2.05 bits per heavy atom. The molecule has 2 heterocycles. The van der Waals surface area contributed by atoms with Gasteiger partial charge in [0.1, 0.15) is 10.6 Å². The summed E-state index contributed by atoms with van der Waals surface area (Å²) in [5.74, 6) is -1.41. The summed E-state index contributed by atoms with van der Waals surface area (Å²) in [5.41, 5.74) is 0.510. The van der Waals surface area contributed by atoms with E-state index in [-0.39, 0.29) is 11.6 Å². The Bertz CT molecular complexity index is 897. The Hall–Kier alpha value is -2.31. The number of carboxylic acids is 1. The Kier molecular flexibility index (Phi) is 3.64. The topological polar surface area (TPSA) is 71.3 Å². The number of fused-ring (bicyclic) bond motifs is 1. The number of aromatic nitrogens is 1. The van der Waals surface area contributed by atoms with Crippen LogP contribution in [0.15, 0.2) is 36.5 Å². The summed E-state index contributed by atoms with van der Waals surface area (Å²) in [7, 11) is 1.60. The molecule has 2 aromatic heterocycles. The Morgan fingerprint density at radius 3 is 2.68 bits per heavy atom. The van der Waals surface area contributed by atoms with Gasteiger partial charge in [0, 0.05) is 23.3 Å². The standard InChI is InChI=1S/C15H11ClN2O3S/c1-18-7-8(6-10(18)15(20)21)17-14(19)13-12(16)9-4-2-3-5-11(9)22-13/h2-7H,1H3,(H,17,19)(H,20,21). The van der Waals surface area contributed by atoms with Gasteiger partial charge in [0.05, 0.1) is 10.7 Å². The number of benzene rings is 1. The van der Waals surface area contributed by atoms with E-state index in [0.717, 1.165) is 10.1 Å². The quantitative estimate of drug-likeness (QED) is 0.764. The van der Waals surface area contributed by atoms with E-state index in [9.17, 15) is 9.59 Å². The van der Waals surface area contributed by atoms with Crippen molar-refractivity contribution in [1.29, 1.82) is 0 Å². The van der Waals surface area contributed by atoms with Crippen molar-refractivity contribution >= 4 is 50.6 Å². The highest BCUT2D eigenvalue weighted by atomic mass is 35.5. The van der Waals surface area contributed by atoms with Gasteiger partial charge < -0.3 is 15.0 Å². The zero-order chi connectivity index (χ0) is 15.9. The molecule has 0 atom stereocenters. The number of nitrogens with zero attached hydrogens (tertiary/aromatic N) is 1. The van der Waals surface area contributed by atoms with Crippen LogP contribution in [0.5, 0.6) is 0 Å². The molecule has 0 saturated carbocycles. The lowest BCUT2D eigenvalue weighted by Gasteiger charge is -2.00. The molecule has 0 unspecified atom stereocenters. The van der Waals surface area contributed by atoms with E-state index >= 15 is 0 Å². The molecule has 5 nitrogen and oxygen atoms in total. The second kappa shape index (κ2) is 5.47. The number of anilines is 1. The van der Waals surface area contributed by atoms with Crippen LogP contribution in [-0.2, 0) is 7.05 Å². The molecular weight excluding hydrogens is 324 g/mol. The van der Waals surface area contributed by atoms with Crippen molar-refractivity contribution in [1.82, 2.24) is 4.57 Å². The number of aromatic carboxylic acids is 1. The molecule has 0 radical (unpaired) electrons. The van der Waals surface area contributed by atoms with E-state index in [4.69, 9.17) is 16.7 Å². The van der Waals surface area contributed by atoms with Crippen molar-refractivity contribution in [3.8, 4) is 0 Å². The third-order valence-electron chi connectivity index (χ3n) is 3.22.